The number of nitrogens with zero attached hydrogens (tertiary/aromatic N) is 1. The van der Waals surface area contributed by atoms with Gasteiger partial charge in [-0.25, -0.2) is 9.79 Å². The van der Waals surface area contributed by atoms with Crippen molar-refractivity contribution in [3.05, 3.63) is 95.6 Å². The monoisotopic (exact) mass is 400 g/mol. The quantitative estimate of drug-likeness (QED) is 0.447. The number of rotatable bonds is 6. The normalized spacial score (nSPS) is 13.0. The Hall–Kier alpha value is -3.27. The van der Waals surface area contributed by atoms with Crippen LogP contribution in [0, 0.1) is 0 Å². The van der Waals surface area contributed by atoms with Gasteiger partial charge in [0, 0.05) is 5.92 Å². The predicted molar refractivity (Wildman–Crippen MR) is 117 cm³/mol. The molecule has 0 heterocycles. The van der Waals surface area contributed by atoms with Gasteiger partial charge >= 0.3 is 6.09 Å². The summed E-state index contributed by atoms with van der Waals surface area (Å²) < 4.78 is 5.63. The van der Waals surface area contributed by atoms with Gasteiger partial charge in [0.1, 0.15) is 6.61 Å². The lowest BCUT2D eigenvalue weighted by atomic mass is 9.98. The highest BCUT2D eigenvalue weighted by molar-refractivity contribution is 7.78. The number of ether oxygens (including phenoxy) is 1. The van der Waals surface area contributed by atoms with Crippen molar-refractivity contribution in [1.29, 1.82) is 0 Å². The number of hydrogen-bond acceptors (Lipinski definition) is 4. The fourth-order valence-corrected chi connectivity index (χ4v) is 3.91. The van der Waals surface area contributed by atoms with Crippen molar-refractivity contribution in [3.63, 3.8) is 0 Å². The number of isothiocyanates is 1. The largest absolute Gasteiger partial charge is 0.449 e. The lowest BCUT2D eigenvalue weighted by Gasteiger charge is -2.19. The fraction of sp³-hybridized carbons (Fsp3) is 0.167. The maximum absolute atomic E-state index is 12.5. The molecule has 0 radical (unpaired) electrons. The molecular formula is C24H20N2O2S. The van der Waals surface area contributed by atoms with E-state index in [0.29, 0.717) is 6.54 Å². The molecule has 1 amide bonds. The lowest BCUT2D eigenvalue weighted by Crippen LogP contribution is -2.31. The van der Waals surface area contributed by atoms with Gasteiger partial charge in [0.15, 0.2) is 0 Å². The summed E-state index contributed by atoms with van der Waals surface area (Å²) in [6, 6.07) is 25.9. The highest BCUT2D eigenvalue weighted by atomic mass is 32.1. The zero-order valence-corrected chi connectivity index (χ0v) is 16.6. The van der Waals surface area contributed by atoms with Gasteiger partial charge in [-0.2, -0.15) is 0 Å². The summed E-state index contributed by atoms with van der Waals surface area (Å²) in [7, 11) is 0. The second kappa shape index (κ2) is 8.82. The number of carbonyl (C=O) groups is 1. The van der Waals surface area contributed by atoms with E-state index in [1.807, 2.05) is 54.6 Å². The summed E-state index contributed by atoms with van der Waals surface area (Å²) in [6.45, 7) is 0.593. The first kappa shape index (κ1) is 19.1. The molecule has 3 aromatic rings. The Morgan fingerprint density at radius 2 is 1.55 bits per heavy atom. The molecule has 1 aliphatic carbocycles. The fourth-order valence-electron chi connectivity index (χ4n) is 3.83. The number of nitrogens with one attached hydrogen (secondary N) is 1. The Labute approximate surface area is 175 Å². The molecule has 0 spiro atoms. The molecule has 0 saturated heterocycles. The minimum atomic E-state index is -0.472. The third kappa shape index (κ3) is 4.11. The van der Waals surface area contributed by atoms with Gasteiger partial charge in [-0.15, -0.1) is 0 Å². The molecule has 0 aliphatic heterocycles. The molecule has 5 heteroatoms. The molecular weight excluding hydrogens is 380 g/mol. The van der Waals surface area contributed by atoms with Crippen LogP contribution in [0.4, 0.5) is 4.79 Å². The van der Waals surface area contributed by atoms with Crippen LogP contribution < -0.4 is 5.32 Å². The number of alkyl carbamates (subject to hydrolysis) is 1. The van der Waals surface area contributed by atoms with Crippen molar-refractivity contribution < 1.29 is 9.53 Å². The molecule has 144 valence electrons. The second-order valence-electron chi connectivity index (χ2n) is 6.87. The number of carbonyl (C=O) groups excluding carboxylic acids is 1. The first-order valence-corrected chi connectivity index (χ1v) is 9.89. The van der Waals surface area contributed by atoms with Crippen LogP contribution in [0.1, 0.15) is 28.7 Å². The molecule has 1 N–H and O–H groups in total. The number of amides is 1. The van der Waals surface area contributed by atoms with Crippen molar-refractivity contribution in [1.82, 2.24) is 5.32 Å². The van der Waals surface area contributed by atoms with E-state index < -0.39 is 6.09 Å². The Balaban J connectivity index is 1.47. The second-order valence-corrected chi connectivity index (χ2v) is 7.05. The summed E-state index contributed by atoms with van der Waals surface area (Å²) in [4.78, 5) is 16.5. The van der Waals surface area contributed by atoms with Gasteiger partial charge in [0.25, 0.3) is 0 Å². The summed E-state index contributed by atoms with van der Waals surface area (Å²) in [5.74, 6) is 0.0299. The molecule has 0 unspecified atom stereocenters. The van der Waals surface area contributed by atoms with Gasteiger partial charge in [-0.05, 0) is 40.0 Å². The highest BCUT2D eigenvalue weighted by Crippen LogP contribution is 2.44. The van der Waals surface area contributed by atoms with Crippen LogP contribution in [0.5, 0.6) is 0 Å². The Morgan fingerprint density at radius 1 is 0.966 bits per heavy atom. The standard InChI is InChI=1S/C24H20N2O2S/c27-24(26-23(14-25-16-29)17-8-2-1-3-9-17)28-15-22-20-12-6-4-10-18(20)19-11-5-7-13-21(19)22/h1-13,22-23H,14-15H2,(H,26,27)/t23-/m0/s1. The van der Waals surface area contributed by atoms with Crippen molar-refractivity contribution in [2.24, 2.45) is 4.99 Å². The summed E-state index contributed by atoms with van der Waals surface area (Å²) in [5.41, 5.74) is 5.72. The predicted octanol–water partition coefficient (Wildman–Crippen LogP) is 5.37. The SMILES string of the molecule is O=C(N[C@@H](CN=C=S)c1ccccc1)OCC1c2ccccc2-c2ccccc21. The van der Waals surface area contributed by atoms with Crippen LogP contribution in [0.15, 0.2) is 83.9 Å². The zero-order valence-electron chi connectivity index (χ0n) is 15.7. The van der Waals surface area contributed by atoms with Crippen LogP contribution in [0.2, 0.25) is 0 Å². The molecule has 1 aliphatic rings. The lowest BCUT2D eigenvalue weighted by molar-refractivity contribution is 0.139. The minimum Gasteiger partial charge on any atom is -0.449 e. The van der Waals surface area contributed by atoms with E-state index in [0.717, 1.165) is 5.56 Å². The summed E-state index contributed by atoms with van der Waals surface area (Å²) in [6.07, 6.45) is -0.472. The van der Waals surface area contributed by atoms with Crippen LogP contribution in [-0.4, -0.2) is 24.4 Å². The third-order valence-electron chi connectivity index (χ3n) is 5.18. The van der Waals surface area contributed by atoms with E-state index >= 15 is 0 Å². The number of thiocarbonyl (C=S) groups is 1. The van der Waals surface area contributed by atoms with E-state index in [2.05, 4.69) is 52.0 Å². The zero-order chi connectivity index (χ0) is 20.1. The minimum absolute atomic E-state index is 0.0299. The van der Waals surface area contributed by atoms with Gasteiger partial charge in [-0.1, -0.05) is 78.9 Å². The maximum atomic E-state index is 12.5. The van der Waals surface area contributed by atoms with Crippen LogP contribution in [0.25, 0.3) is 11.1 Å². The van der Waals surface area contributed by atoms with Crippen molar-refractivity contribution in [3.8, 4) is 11.1 Å². The molecule has 0 fully saturated rings. The van der Waals surface area contributed by atoms with Gasteiger partial charge in [0.2, 0.25) is 0 Å². The Kier molecular flexibility index (Phi) is 5.80. The van der Waals surface area contributed by atoms with E-state index in [-0.39, 0.29) is 18.6 Å². The van der Waals surface area contributed by atoms with Crippen LogP contribution >= 0.6 is 12.2 Å². The van der Waals surface area contributed by atoms with Crippen molar-refractivity contribution in [2.45, 2.75) is 12.0 Å². The molecule has 0 bridgehead atoms. The number of benzene rings is 3. The molecule has 1 atom stereocenters. The van der Waals surface area contributed by atoms with Gasteiger partial charge < -0.3 is 10.1 Å². The topological polar surface area (TPSA) is 50.7 Å². The summed E-state index contributed by atoms with van der Waals surface area (Å²) in [5, 5.41) is 5.25. The van der Waals surface area contributed by atoms with Crippen molar-refractivity contribution in [2.75, 3.05) is 13.2 Å². The summed E-state index contributed by atoms with van der Waals surface area (Å²) >= 11 is 4.67. The molecule has 0 saturated carbocycles. The van der Waals surface area contributed by atoms with E-state index in [1.165, 1.54) is 22.3 Å². The van der Waals surface area contributed by atoms with E-state index in [4.69, 9.17) is 4.74 Å². The van der Waals surface area contributed by atoms with Crippen LogP contribution in [0.3, 0.4) is 0 Å². The first-order chi connectivity index (χ1) is 14.3. The maximum Gasteiger partial charge on any atom is 0.407 e. The third-order valence-corrected chi connectivity index (χ3v) is 5.31. The first-order valence-electron chi connectivity index (χ1n) is 9.48. The van der Waals surface area contributed by atoms with Crippen molar-refractivity contribution >= 4 is 23.5 Å². The number of hydrogen-bond donors (Lipinski definition) is 1. The average Bonchev–Trinajstić information content (AvgIpc) is 3.09. The number of aliphatic imine (C=N–C) groups is 1. The van der Waals surface area contributed by atoms with Gasteiger partial charge in [0.05, 0.1) is 17.7 Å². The average molecular weight is 401 g/mol. The number of fused-ring (bicyclic) bond motifs is 3. The molecule has 4 rings (SSSR count). The Bertz CT molecular complexity index is 1020. The van der Waals surface area contributed by atoms with Crippen LogP contribution in [-0.2, 0) is 4.74 Å². The molecule has 0 aromatic heterocycles. The highest BCUT2D eigenvalue weighted by Gasteiger charge is 2.29. The van der Waals surface area contributed by atoms with E-state index in [9.17, 15) is 4.79 Å². The molecule has 3 aromatic carbocycles. The molecule has 29 heavy (non-hydrogen) atoms. The molecule has 4 nitrogen and oxygen atoms in total. The Morgan fingerprint density at radius 3 is 2.17 bits per heavy atom. The van der Waals surface area contributed by atoms with E-state index in [1.54, 1.807) is 0 Å². The van der Waals surface area contributed by atoms with Gasteiger partial charge in [-0.3, -0.25) is 0 Å². The smallest absolute Gasteiger partial charge is 0.407 e.